The van der Waals surface area contributed by atoms with Gasteiger partial charge in [0.1, 0.15) is 16.3 Å². The fourth-order valence-electron chi connectivity index (χ4n) is 1.32. The van der Waals surface area contributed by atoms with Gasteiger partial charge >= 0.3 is 0 Å². The summed E-state index contributed by atoms with van der Waals surface area (Å²) in [5.74, 6) is -0.463. The van der Waals surface area contributed by atoms with Crippen molar-refractivity contribution >= 4 is 10.1 Å². The highest BCUT2D eigenvalue weighted by molar-refractivity contribution is 7.85. The van der Waals surface area contributed by atoms with Crippen LogP contribution in [0, 0.1) is 0 Å². The van der Waals surface area contributed by atoms with E-state index in [1.54, 1.807) is 37.1 Å². The molecule has 0 saturated heterocycles. The molecule has 0 fully saturated rings. The first-order chi connectivity index (χ1) is 8.04. The van der Waals surface area contributed by atoms with Gasteiger partial charge in [0.25, 0.3) is 0 Å². The quantitative estimate of drug-likeness (QED) is 0.573. The monoisotopic (exact) mass is 254 g/mol. The molecule has 0 saturated carbocycles. The minimum Gasteiger partial charge on any atom is -0.748 e. The normalized spacial score (nSPS) is 11.6. The van der Waals surface area contributed by atoms with Gasteiger partial charge in [0.15, 0.2) is 12.7 Å². The van der Waals surface area contributed by atoms with E-state index in [2.05, 4.69) is 5.10 Å². The summed E-state index contributed by atoms with van der Waals surface area (Å²) in [5.41, 5.74) is 1.75. The van der Waals surface area contributed by atoms with Crippen LogP contribution in [0.2, 0.25) is 0 Å². The van der Waals surface area contributed by atoms with E-state index in [-0.39, 0.29) is 6.54 Å². The van der Waals surface area contributed by atoms with Gasteiger partial charge in [-0.05, 0) is 11.2 Å². The van der Waals surface area contributed by atoms with Gasteiger partial charge in [-0.15, -0.1) is 0 Å². The molecule has 90 valence electrons. The van der Waals surface area contributed by atoms with Crippen LogP contribution in [0.5, 0.6) is 0 Å². The summed E-state index contributed by atoms with van der Waals surface area (Å²) >= 11 is 0. The molecule has 2 aromatic rings. The summed E-state index contributed by atoms with van der Waals surface area (Å²) in [6.07, 6.45) is 6.35. The van der Waals surface area contributed by atoms with Gasteiger partial charge < -0.3 is 8.97 Å². The zero-order chi connectivity index (χ0) is 12.3. The van der Waals surface area contributed by atoms with Crippen molar-refractivity contribution in [3.8, 4) is 11.1 Å². The molecule has 0 atom stereocenters. The van der Waals surface area contributed by atoms with Crippen molar-refractivity contribution in [1.29, 1.82) is 0 Å². The van der Waals surface area contributed by atoms with Crippen LogP contribution in [0.25, 0.3) is 11.1 Å². The lowest BCUT2D eigenvalue weighted by Crippen LogP contribution is -2.40. The predicted octanol–water partition coefficient (Wildman–Crippen LogP) is 0.174. The van der Waals surface area contributed by atoms with Crippen molar-refractivity contribution in [2.24, 2.45) is 0 Å². The van der Waals surface area contributed by atoms with Crippen LogP contribution >= 0.6 is 0 Å². The highest BCUT2D eigenvalue weighted by Gasteiger charge is 2.07. The Morgan fingerprint density at radius 3 is 2.71 bits per heavy atom. The van der Waals surface area contributed by atoms with Gasteiger partial charge in [-0.25, -0.2) is 8.42 Å². The Hall–Kier alpha value is -1.73. The topological polar surface area (TPSA) is 87.1 Å². The third-order valence-corrected chi connectivity index (χ3v) is 2.88. The molecule has 2 heterocycles. The van der Waals surface area contributed by atoms with Gasteiger partial charge in [0.2, 0.25) is 0 Å². The van der Waals surface area contributed by atoms with Crippen molar-refractivity contribution in [1.82, 2.24) is 5.10 Å². The minimum absolute atomic E-state index is 0.0531. The first kappa shape index (κ1) is 11.7. The lowest BCUT2D eigenvalue weighted by atomic mass is 10.2. The van der Waals surface area contributed by atoms with Crippen LogP contribution in [0.1, 0.15) is 0 Å². The fourth-order valence-corrected chi connectivity index (χ4v) is 1.73. The Morgan fingerprint density at radius 1 is 1.35 bits per heavy atom. The van der Waals surface area contributed by atoms with Crippen LogP contribution in [-0.2, 0) is 16.7 Å². The lowest BCUT2D eigenvalue weighted by molar-refractivity contribution is -0.750. The maximum absolute atomic E-state index is 10.4. The largest absolute Gasteiger partial charge is 0.748 e. The number of rotatable bonds is 4. The van der Waals surface area contributed by atoms with Gasteiger partial charge in [0.05, 0.1) is 18.3 Å². The Morgan fingerprint density at radius 2 is 2.18 bits per heavy atom. The summed E-state index contributed by atoms with van der Waals surface area (Å²) in [5, 5.41) is 4.01. The minimum atomic E-state index is -4.20. The maximum atomic E-state index is 10.4. The SMILES string of the molecule is O=S(=O)([O-])CC[n+]1ccc(-c2ccoc2)cn1. The fraction of sp³-hybridized carbons (Fsp3) is 0.200. The molecule has 17 heavy (non-hydrogen) atoms. The Labute approximate surface area is 98.3 Å². The lowest BCUT2D eigenvalue weighted by Gasteiger charge is -2.02. The van der Waals surface area contributed by atoms with Crippen LogP contribution in [-0.4, -0.2) is 23.8 Å². The highest BCUT2D eigenvalue weighted by atomic mass is 32.2. The average Bonchev–Trinajstić information content (AvgIpc) is 2.79. The summed E-state index contributed by atoms with van der Waals surface area (Å²) in [7, 11) is -4.20. The first-order valence-corrected chi connectivity index (χ1v) is 6.44. The molecule has 0 aliphatic heterocycles. The van der Waals surface area contributed by atoms with Gasteiger partial charge in [-0.1, -0.05) is 4.68 Å². The van der Waals surface area contributed by atoms with Crippen LogP contribution < -0.4 is 4.68 Å². The van der Waals surface area contributed by atoms with E-state index in [0.717, 1.165) is 11.1 Å². The third kappa shape index (κ3) is 3.36. The number of nitrogens with zero attached hydrogens (tertiary/aromatic N) is 2. The number of hydrogen-bond acceptors (Lipinski definition) is 5. The van der Waals surface area contributed by atoms with Gasteiger partial charge in [-0.2, -0.15) is 0 Å². The van der Waals surface area contributed by atoms with Crippen LogP contribution in [0.15, 0.2) is 41.5 Å². The van der Waals surface area contributed by atoms with Gasteiger partial charge in [0, 0.05) is 17.2 Å². The van der Waals surface area contributed by atoms with E-state index >= 15 is 0 Å². The Bertz CT molecular complexity index is 575. The van der Waals surface area contributed by atoms with Crippen molar-refractivity contribution in [3.05, 3.63) is 37.1 Å². The summed E-state index contributed by atoms with van der Waals surface area (Å²) < 4.78 is 37.7. The molecule has 0 spiro atoms. The molecule has 0 radical (unpaired) electrons. The smallest absolute Gasteiger partial charge is 0.196 e. The van der Waals surface area contributed by atoms with E-state index in [1.807, 2.05) is 0 Å². The molecule has 0 unspecified atom stereocenters. The molecule has 0 amide bonds. The van der Waals surface area contributed by atoms with E-state index < -0.39 is 15.9 Å². The van der Waals surface area contributed by atoms with Crippen LogP contribution in [0.4, 0.5) is 0 Å². The number of aryl methyl sites for hydroxylation is 1. The molecule has 2 aromatic heterocycles. The van der Waals surface area contributed by atoms with Crippen molar-refractivity contribution < 1.29 is 22.1 Å². The number of aromatic nitrogens is 2. The van der Waals surface area contributed by atoms with Gasteiger partial charge in [-0.3, -0.25) is 0 Å². The molecule has 0 bridgehead atoms. The molecule has 2 rings (SSSR count). The molecule has 0 aliphatic rings. The van der Waals surface area contributed by atoms with Crippen molar-refractivity contribution in [2.45, 2.75) is 6.54 Å². The predicted molar refractivity (Wildman–Crippen MR) is 56.7 cm³/mol. The standard InChI is InChI=1S/C10H10N2O4S/c13-17(14,15)6-4-12-3-1-9(7-11-12)10-2-5-16-8-10/h1-3,5,7-8H,4,6H2. The molecular weight excluding hydrogens is 244 g/mol. The second-order valence-electron chi connectivity index (χ2n) is 3.45. The van der Waals surface area contributed by atoms with Crippen LogP contribution in [0.3, 0.4) is 0 Å². The molecular formula is C10H10N2O4S. The van der Waals surface area contributed by atoms with E-state index in [4.69, 9.17) is 4.42 Å². The van der Waals surface area contributed by atoms with E-state index in [0.29, 0.717) is 0 Å². The molecule has 7 heteroatoms. The molecule has 0 N–H and O–H groups in total. The Kier molecular flexibility index (Phi) is 3.21. The average molecular weight is 254 g/mol. The van der Waals surface area contributed by atoms with E-state index in [1.165, 1.54) is 4.68 Å². The zero-order valence-corrected chi connectivity index (χ0v) is 9.63. The van der Waals surface area contributed by atoms with E-state index in [9.17, 15) is 13.0 Å². The Balaban J connectivity index is 2.09. The first-order valence-electron chi connectivity index (χ1n) is 4.86. The second-order valence-corrected chi connectivity index (χ2v) is 4.98. The van der Waals surface area contributed by atoms with Crippen molar-refractivity contribution in [3.63, 3.8) is 0 Å². The summed E-state index contributed by atoms with van der Waals surface area (Å²) in [6.45, 7) is 0.0531. The summed E-state index contributed by atoms with van der Waals surface area (Å²) in [6, 6.07) is 3.57. The third-order valence-electron chi connectivity index (χ3n) is 2.20. The number of hydrogen-bond donors (Lipinski definition) is 0. The molecule has 6 nitrogen and oxygen atoms in total. The molecule has 0 aliphatic carbocycles. The molecule has 0 aromatic carbocycles. The highest BCUT2D eigenvalue weighted by Crippen LogP contribution is 2.16. The maximum Gasteiger partial charge on any atom is 0.196 e. The van der Waals surface area contributed by atoms with Crippen molar-refractivity contribution in [2.75, 3.05) is 5.75 Å². The summed E-state index contributed by atoms with van der Waals surface area (Å²) in [4.78, 5) is 0. The second kappa shape index (κ2) is 4.64. The zero-order valence-electron chi connectivity index (χ0n) is 8.81. The number of furan rings is 1.